The molecule has 106 valence electrons. The Morgan fingerprint density at radius 1 is 1.37 bits per heavy atom. The van der Waals surface area contributed by atoms with E-state index in [2.05, 4.69) is 45.3 Å². The van der Waals surface area contributed by atoms with Gasteiger partial charge in [-0.05, 0) is 47.2 Å². The molecule has 0 saturated heterocycles. The lowest BCUT2D eigenvalue weighted by molar-refractivity contribution is 0.248. The summed E-state index contributed by atoms with van der Waals surface area (Å²) in [6.07, 6.45) is 0. The third-order valence-electron chi connectivity index (χ3n) is 2.79. The van der Waals surface area contributed by atoms with Crippen LogP contribution in [0.4, 0.5) is 14.9 Å². The van der Waals surface area contributed by atoms with Gasteiger partial charge in [-0.15, -0.1) is 0 Å². The van der Waals surface area contributed by atoms with Gasteiger partial charge in [-0.25, -0.2) is 9.18 Å². The van der Waals surface area contributed by atoms with Crippen LogP contribution in [0.15, 0.2) is 22.7 Å². The van der Waals surface area contributed by atoms with Crippen LogP contribution in [-0.4, -0.2) is 37.1 Å². The standard InChI is InChI=1S/C13H19BrFN3O/c1-3-18(4-2)8-7-16-13(19)17-12-6-5-10(15)9-11(12)14/h5-6,9H,3-4,7-8H2,1-2H3,(H2,16,17,19). The van der Waals surface area contributed by atoms with Crippen LogP contribution >= 0.6 is 15.9 Å². The van der Waals surface area contributed by atoms with Crippen molar-refractivity contribution in [2.24, 2.45) is 0 Å². The van der Waals surface area contributed by atoms with E-state index in [9.17, 15) is 9.18 Å². The van der Waals surface area contributed by atoms with E-state index in [1.54, 1.807) is 0 Å². The number of amides is 2. The molecule has 0 fully saturated rings. The zero-order chi connectivity index (χ0) is 14.3. The van der Waals surface area contributed by atoms with Crippen LogP contribution in [0.2, 0.25) is 0 Å². The molecule has 6 heteroatoms. The minimum absolute atomic E-state index is 0.292. The number of likely N-dealkylation sites (N-methyl/N-ethyl adjacent to an activating group) is 1. The molecule has 0 aliphatic heterocycles. The Hall–Kier alpha value is -1.14. The molecule has 0 aliphatic carbocycles. The van der Waals surface area contributed by atoms with Crippen LogP contribution in [0, 0.1) is 5.82 Å². The van der Waals surface area contributed by atoms with Gasteiger partial charge in [0.25, 0.3) is 0 Å². The zero-order valence-electron chi connectivity index (χ0n) is 11.2. The largest absolute Gasteiger partial charge is 0.337 e. The summed E-state index contributed by atoms with van der Waals surface area (Å²) in [5.41, 5.74) is 0.543. The lowest BCUT2D eigenvalue weighted by atomic mass is 10.3. The summed E-state index contributed by atoms with van der Waals surface area (Å²) >= 11 is 3.20. The number of halogens is 2. The monoisotopic (exact) mass is 331 g/mol. The molecule has 1 aromatic rings. The molecule has 0 radical (unpaired) electrons. The SMILES string of the molecule is CCN(CC)CCNC(=O)Nc1ccc(F)cc1Br. The minimum atomic E-state index is -0.348. The van der Waals surface area contributed by atoms with Crippen molar-refractivity contribution in [2.45, 2.75) is 13.8 Å². The number of carbonyl (C=O) groups excluding carboxylic acids is 1. The maximum atomic E-state index is 12.9. The number of nitrogens with one attached hydrogen (secondary N) is 2. The average molecular weight is 332 g/mol. The van der Waals surface area contributed by atoms with E-state index in [1.165, 1.54) is 18.2 Å². The Labute approximate surface area is 121 Å². The quantitative estimate of drug-likeness (QED) is 0.841. The maximum Gasteiger partial charge on any atom is 0.319 e. The van der Waals surface area contributed by atoms with E-state index in [0.717, 1.165) is 19.6 Å². The molecule has 0 spiro atoms. The summed E-state index contributed by atoms with van der Waals surface area (Å²) in [5.74, 6) is -0.348. The van der Waals surface area contributed by atoms with Crippen LogP contribution < -0.4 is 10.6 Å². The van der Waals surface area contributed by atoms with Crippen LogP contribution in [0.25, 0.3) is 0 Å². The highest BCUT2D eigenvalue weighted by Crippen LogP contribution is 2.22. The van der Waals surface area contributed by atoms with Gasteiger partial charge in [0, 0.05) is 17.6 Å². The highest BCUT2D eigenvalue weighted by molar-refractivity contribution is 9.10. The Balaban J connectivity index is 2.39. The van der Waals surface area contributed by atoms with E-state index in [4.69, 9.17) is 0 Å². The fourth-order valence-corrected chi connectivity index (χ4v) is 2.07. The minimum Gasteiger partial charge on any atom is -0.337 e. The lowest BCUT2D eigenvalue weighted by Crippen LogP contribution is -2.36. The van der Waals surface area contributed by atoms with Gasteiger partial charge in [0.05, 0.1) is 5.69 Å². The van der Waals surface area contributed by atoms with Crippen molar-refractivity contribution in [3.63, 3.8) is 0 Å². The number of nitrogens with zero attached hydrogens (tertiary/aromatic N) is 1. The van der Waals surface area contributed by atoms with Gasteiger partial charge in [0.15, 0.2) is 0 Å². The number of benzene rings is 1. The van der Waals surface area contributed by atoms with Crippen molar-refractivity contribution in [3.8, 4) is 0 Å². The lowest BCUT2D eigenvalue weighted by Gasteiger charge is -2.18. The van der Waals surface area contributed by atoms with Crippen LogP contribution in [0.5, 0.6) is 0 Å². The summed E-state index contributed by atoms with van der Waals surface area (Å²) in [6, 6.07) is 3.84. The molecule has 2 N–H and O–H groups in total. The molecule has 0 bridgehead atoms. The highest BCUT2D eigenvalue weighted by Gasteiger charge is 2.06. The summed E-state index contributed by atoms with van der Waals surface area (Å²) in [7, 11) is 0. The molecule has 0 atom stereocenters. The van der Waals surface area contributed by atoms with Crippen molar-refractivity contribution < 1.29 is 9.18 Å². The maximum absolute atomic E-state index is 12.9. The Bertz CT molecular complexity index is 424. The molecule has 1 aromatic carbocycles. The van der Waals surface area contributed by atoms with Crippen molar-refractivity contribution >= 4 is 27.6 Å². The predicted octanol–water partition coefficient (Wildman–Crippen LogP) is 3.05. The van der Waals surface area contributed by atoms with E-state index in [1.807, 2.05) is 0 Å². The van der Waals surface area contributed by atoms with Gasteiger partial charge < -0.3 is 15.5 Å². The fraction of sp³-hybridized carbons (Fsp3) is 0.462. The van der Waals surface area contributed by atoms with Crippen molar-refractivity contribution in [3.05, 3.63) is 28.5 Å². The second-order valence-electron chi connectivity index (χ2n) is 4.03. The average Bonchev–Trinajstić information content (AvgIpc) is 2.38. The van der Waals surface area contributed by atoms with Gasteiger partial charge in [-0.3, -0.25) is 0 Å². The van der Waals surface area contributed by atoms with E-state index in [0.29, 0.717) is 16.7 Å². The number of rotatable bonds is 6. The predicted molar refractivity (Wildman–Crippen MR) is 78.9 cm³/mol. The first-order valence-electron chi connectivity index (χ1n) is 6.29. The van der Waals surface area contributed by atoms with Crippen molar-refractivity contribution in [1.82, 2.24) is 10.2 Å². The first-order valence-corrected chi connectivity index (χ1v) is 7.08. The summed E-state index contributed by atoms with van der Waals surface area (Å²) < 4.78 is 13.4. The van der Waals surface area contributed by atoms with Gasteiger partial charge >= 0.3 is 6.03 Å². The molecule has 0 heterocycles. The van der Waals surface area contributed by atoms with Crippen molar-refractivity contribution in [2.75, 3.05) is 31.5 Å². The number of anilines is 1. The molecular formula is C13H19BrFN3O. The Kier molecular flexibility index (Phi) is 6.80. The van der Waals surface area contributed by atoms with Gasteiger partial charge in [0.1, 0.15) is 5.82 Å². The Morgan fingerprint density at radius 2 is 2.05 bits per heavy atom. The van der Waals surface area contributed by atoms with Gasteiger partial charge in [0.2, 0.25) is 0 Å². The molecule has 0 saturated carbocycles. The highest BCUT2D eigenvalue weighted by atomic mass is 79.9. The summed E-state index contributed by atoms with van der Waals surface area (Å²) in [5, 5.41) is 5.43. The number of urea groups is 1. The molecule has 4 nitrogen and oxygen atoms in total. The van der Waals surface area contributed by atoms with E-state index in [-0.39, 0.29) is 11.8 Å². The second-order valence-corrected chi connectivity index (χ2v) is 4.89. The third-order valence-corrected chi connectivity index (χ3v) is 3.44. The molecular weight excluding hydrogens is 313 g/mol. The van der Waals surface area contributed by atoms with Crippen LogP contribution in [-0.2, 0) is 0 Å². The van der Waals surface area contributed by atoms with Gasteiger partial charge in [-0.2, -0.15) is 0 Å². The topological polar surface area (TPSA) is 44.4 Å². The first kappa shape index (κ1) is 15.9. The summed E-state index contributed by atoms with van der Waals surface area (Å²) in [6.45, 7) is 7.47. The van der Waals surface area contributed by atoms with E-state index >= 15 is 0 Å². The number of hydrogen-bond acceptors (Lipinski definition) is 2. The molecule has 0 unspecified atom stereocenters. The van der Waals surface area contributed by atoms with Crippen molar-refractivity contribution in [1.29, 1.82) is 0 Å². The Morgan fingerprint density at radius 3 is 2.63 bits per heavy atom. The zero-order valence-corrected chi connectivity index (χ0v) is 12.8. The van der Waals surface area contributed by atoms with E-state index < -0.39 is 0 Å². The molecule has 19 heavy (non-hydrogen) atoms. The fourth-order valence-electron chi connectivity index (χ4n) is 1.62. The first-order chi connectivity index (χ1) is 9.06. The molecule has 2 amide bonds. The molecule has 0 aromatic heterocycles. The third kappa shape index (κ3) is 5.57. The number of carbonyl (C=O) groups is 1. The second kappa shape index (κ2) is 8.12. The number of hydrogen-bond donors (Lipinski definition) is 2. The normalized spacial score (nSPS) is 10.6. The molecule has 0 aliphatic rings. The van der Waals surface area contributed by atoms with Crippen LogP contribution in [0.1, 0.15) is 13.8 Å². The van der Waals surface area contributed by atoms with Crippen LogP contribution in [0.3, 0.4) is 0 Å². The molecule has 1 rings (SSSR count). The van der Waals surface area contributed by atoms with Gasteiger partial charge in [-0.1, -0.05) is 13.8 Å². The summed E-state index contributed by atoms with van der Waals surface area (Å²) in [4.78, 5) is 13.9. The smallest absolute Gasteiger partial charge is 0.319 e.